The van der Waals surface area contributed by atoms with Crippen molar-refractivity contribution in [1.82, 2.24) is 4.90 Å². The lowest BCUT2D eigenvalue weighted by Crippen LogP contribution is -2.24. The number of likely N-dealkylation sites (N-methyl/N-ethyl adjacent to an activating group) is 1. The number of nitrogens with zero attached hydrogens (tertiary/aromatic N) is 1. The van der Waals surface area contributed by atoms with Gasteiger partial charge in [-0.25, -0.2) is 0 Å². The third-order valence-electron chi connectivity index (χ3n) is 2.65. The Morgan fingerprint density at radius 2 is 1.73 bits per heavy atom. The van der Waals surface area contributed by atoms with E-state index in [2.05, 4.69) is 43.9 Å². The van der Waals surface area contributed by atoms with Crippen LogP contribution in [0.3, 0.4) is 0 Å². The molecular formula is C13H21NO. The first-order valence-electron chi connectivity index (χ1n) is 5.47. The van der Waals surface area contributed by atoms with Crippen LogP contribution in [-0.4, -0.2) is 30.1 Å². The highest BCUT2D eigenvalue weighted by Crippen LogP contribution is 2.17. The standard InChI is InChI=1S/C13H21NO/c1-5-14(4)9-13(15)12-7-10(2)6-11(3)8-12/h6-8,13,15H,5,9H2,1-4H3. The fraction of sp³-hybridized carbons (Fsp3) is 0.538. The van der Waals surface area contributed by atoms with E-state index in [0.29, 0.717) is 6.54 Å². The van der Waals surface area contributed by atoms with Gasteiger partial charge < -0.3 is 10.0 Å². The minimum atomic E-state index is -0.381. The normalized spacial score (nSPS) is 13.2. The highest BCUT2D eigenvalue weighted by atomic mass is 16.3. The van der Waals surface area contributed by atoms with Crippen LogP contribution in [0, 0.1) is 13.8 Å². The van der Waals surface area contributed by atoms with Gasteiger partial charge in [-0.1, -0.05) is 36.2 Å². The van der Waals surface area contributed by atoms with Crippen molar-refractivity contribution in [3.8, 4) is 0 Å². The maximum atomic E-state index is 10.0. The first-order valence-corrected chi connectivity index (χ1v) is 5.47. The predicted octanol–water partition coefficient (Wildman–Crippen LogP) is 2.29. The molecular weight excluding hydrogens is 186 g/mol. The minimum Gasteiger partial charge on any atom is -0.387 e. The number of aryl methyl sites for hydroxylation is 2. The summed E-state index contributed by atoms with van der Waals surface area (Å²) in [6.45, 7) is 7.87. The van der Waals surface area contributed by atoms with Gasteiger partial charge in [-0.05, 0) is 33.0 Å². The van der Waals surface area contributed by atoms with Crippen molar-refractivity contribution < 1.29 is 5.11 Å². The molecule has 0 fully saturated rings. The number of benzene rings is 1. The van der Waals surface area contributed by atoms with Crippen LogP contribution in [0.15, 0.2) is 18.2 Å². The van der Waals surface area contributed by atoms with Crippen LogP contribution in [0.25, 0.3) is 0 Å². The number of aliphatic hydroxyl groups excluding tert-OH is 1. The van der Waals surface area contributed by atoms with E-state index in [1.807, 2.05) is 7.05 Å². The molecule has 0 heterocycles. The Bertz CT molecular complexity index is 302. The number of rotatable bonds is 4. The van der Waals surface area contributed by atoms with Crippen LogP contribution in [0.4, 0.5) is 0 Å². The Morgan fingerprint density at radius 1 is 1.20 bits per heavy atom. The second kappa shape index (κ2) is 5.29. The molecule has 15 heavy (non-hydrogen) atoms. The highest BCUT2D eigenvalue weighted by Gasteiger charge is 2.10. The number of hydrogen-bond donors (Lipinski definition) is 1. The molecule has 0 saturated carbocycles. The van der Waals surface area contributed by atoms with Crippen LogP contribution in [0.5, 0.6) is 0 Å². The summed E-state index contributed by atoms with van der Waals surface area (Å²) < 4.78 is 0. The Kier molecular flexibility index (Phi) is 4.30. The summed E-state index contributed by atoms with van der Waals surface area (Å²) in [4.78, 5) is 2.11. The quantitative estimate of drug-likeness (QED) is 0.819. The third-order valence-corrected chi connectivity index (χ3v) is 2.65. The molecule has 1 aromatic carbocycles. The van der Waals surface area contributed by atoms with Gasteiger partial charge in [0.2, 0.25) is 0 Å². The van der Waals surface area contributed by atoms with E-state index in [4.69, 9.17) is 0 Å². The Morgan fingerprint density at radius 3 is 2.20 bits per heavy atom. The molecule has 0 aromatic heterocycles. The first-order chi connectivity index (χ1) is 7.02. The molecule has 1 aromatic rings. The molecule has 2 heteroatoms. The Labute approximate surface area is 92.5 Å². The van der Waals surface area contributed by atoms with Crippen LogP contribution in [0.2, 0.25) is 0 Å². The van der Waals surface area contributed by atoms with Gasteiger partial charge in [0.15, 0.2) is 0 Å². The summed E-state index contributed by atoms with van der Waals surface area (Å²) in [5.74, 6) is 0. The first kappa shape index (κ1) is 12.2. The monoisotopic (exact) mass is 207 g/mol. The maximum Gasteiger partial charge on any atom is 0.0916 e. The number of hydrogen-bond acceptors (Lipinski definition) is 2. The summed E-state index contributed by atoms with van der Waals surface area (Å²) in [5.41, 5.74) is 3.44. The van der Waals surface area contributed by atoms with Crippen molar-refractivity contribution in [1.29, 1.82) is 0 Å². The molecule has 0 saturated heterocycles. The zero-order chi connectivity index (χ0) is 11.4. The lowest BCUT2D eigenvalue weighted by atomic mass is 10.0. The molecule has 0 aliphatic heterocycles. The number of aliphatic hydroxyl groups is 1. The largest absolute Gasteiger partial charge is 0.387 e. The zero-order valence-corrected chi connectivity index (χ0v) is 10.1. The smallest absolute Gasteiger partial charge is 0.0916 e. The molecule has 1 unspecified atom stereocenters. The lowest BCUT2D eigenvalue weighted by Gasteiger charge is -2.19. The highest BCUT2D eigenvalue weighted by molar-refractivity contribution is 5.30. The summed E-state index contributed by atoms with van der Waals surface area (Å²) in [6, 6.07) is 6.24. The third kappa shape index (κ3) is 3.65. The fourth-order valence-corrected chi connectivity index (χ4v) is 1.73. The molecule has 0 amide bonds. The van der Waals surface area contributed by atoms with E-state index in [1.165, 1.54) is 11.1 Å². The van der Waals surface area contributed by atoms with Crippen molar-refractivity contribution >= 4 is 0 Å². The predicted molar refractivity (Wildman–Crippen MR) is 64.0 cm³/mol. The van der Waals surface area contributed by atoms with Crippen molar-refractivity contribution in [2.24, 2.45) is 0 Å². The molecule has 0 bridgehead atoms. The van der Waals surface area contributed by atoms with E-state index in [-0.39, 0.29) is 6.10 Å². The maximum absolute atomic E-state index is 10.0. The zero-order valence-electron chi connectivity index (χ0n) is 10.1. The topological polar surface area (TPSA) is 23.5 Å². The van der Waals surface area contributed by atoms with E-state index >= 15 is 0 Å². The minimum absolute atomic E-state index is 0.381. The van der Waals surface area contributed by atoms with E-state index in [9.17, 15) is 5.11 Å². The van der Waals surface area contributed by atoms with Crippen LogP contribution < -0.4 is 0 Å². The lowest BCUT2D eigenvalue weighted by molar-refractivity contribution is 0.129. The average Bonchev–Trinajstić information content (AvgIpc) is 2.16. The second-order valence-corrected chi connectivity index (χ2v) is 4.29. The van der Waals surface area contributed by atoms with Gasteiger partial charge >= 0.3 is 0 Å². The van der Waals surface area contributed by atoms with Crippen LogP contribution >= 0.6 is 0 Å². The molecule has 0 radical (unpaired) electrons. The van der Waals surface area contributed by atoms with Gasteiger partial charge in [0, 0.05) is 6.54 Å². The molecule has 0 spiro atoms. The van der Waals surface area contributed by atoms with Crippen molar-refractivity contribution in [2.45, 2.75) is 26.9 Å². The van der Waals surface area contributed by atoms with Crippen molar-refractivity contribution in [3.05, 3.63) is 34.9 Å². The van der Waals surface area contributed by atoms with E-state index in [1.54, 1.807) is 0 Å². The van der Waals surface area contributed by atoms with Gasteiger partial charge in [-0.2, -0.15) is 0 Å². The van der Waals surface area contributed by atoms with Gasteiger partial charge in [0.1, 0.15) is 0 Å². The summed E-state index contributed by atoms with van der Waals surface area (Å²) in [5, 5.41) is 10.0. The van der Waals surface area contributed by atoms with Crippen LogP contribution in [0.1, 0.15) is 29.7 Å². The second-order valence-electron chi connectivity index (χ2n) is 4.29. The van der Waals surface area contributed by atoms with Crippen molar-refractivity contribution in [2.75, 3.05) is 20.1 Å². The molecule has 1 N–H and O–H groups in total. The van der Waals surface area contributed by atoms with E-state index in [0.717, 1.165) is 12.1 Å². The Hall–Kier alpha value is -0.860. The van der Waals surface area contributed by atoms with Gasteiger partial charge in [0.25, 0.3) is 0 Å². The van der Waals surface area contributed by atoms with Gasteiger partial charge in [-0.15, -0.1) is 0 Å². The molecule has 1 rings (SSSR count). The summed E-state index contributed by atoms with van der Waals surface area (Å²) in [7, 11) is 2.02. The van der Waals surface area contributed by atoms with Gasteiger partial charge in [-0.3, -0.25) is 0 Å². The molecule has 2 nitrogen and oxygen atoms in total. The SMILES string of the molecule is CCN(C)CC(O)c1cc(C)cc(C)c1. The average molecular weight is 207 g/mol. The van der Waals surface area contributed by atoms with Gasteiger partial charge in [0.05, 0.1) is 6.10 Å². The summed E-state index contributed by atoms with van der Waals surface area (Å²) in [6.07, 6.45) is -0.381. The van der Waals surface area contributed by atoms with E-state index < -0.39 is 0 Å². The molecule has 0 aliphatic rings. The molecule has 84 valence electrons. The summed E-state index contributed by atoms with van der Waals surface area (Å²) >= 11 is 0. The Balaban J connectivity index is 2.77. The molecule has 1 atom stereocenters. The van der Waals surface area contributed by atoms with Crippen LogP contribution in [-0.2, 0) is 0 Å². The molecule has 0 aliphatic carbocycles. The fourth-order valence-electron chi connectivity index (χ4n) is 1.73. The van der Waals surface area contributed by atoms with Crippen molar-refractivity contribution in [3.63, 3.8) is 0 Å².